The number of H-pyrrole nitrogens is 1. The van der Waals surface area contributed by atoms with Gasteiger partial charge in [0.25, 0.3) is 0 Å². The van der Waals surface area contributed by atoms with Gasteiger partial charge in [-0.15, -0.1) is 12.4 Å². The first-order valence-electron chi connectivity index (χ1n) is 8.23. The zero-order valence-electron chi connectivity index (χ0n) is 13.7. The van der Waals surface area contributed by atoms with E-state index < -0.39 is 5.41 Å². The van der Waals surface area contributed by atoms with Crippen molar-refractivity contribution in [2.24, 2.45) is 5.41 Å². The first-order valence-corrected chi connectivity index (χ1v) is 8.23. The summed E-state index contributed by atoms with van der Waals surface area (Å²) in [5.41, 5.74) is 2.12. The van der Waals surface area contributed by atoms with Gasteiger partial charge in [0.15, 0.2) is 5.78 Å². The van der Waals surface area contributed by atoms with E-state index in [-0.39, 0.29) is 24.0 Å². The SMILES string of the molecule is Cl.O=C(c1ccc2[nH]ccc2c1)C1(Cc2cccc(F)c2)CCNC1. The number of halogens is 2. The Balaban J connectivity index is 0.00000182. The average molecular weight is 359 g/mol. The van der Waals surface area contributed by atoms with E-state index in [0.29, 0.717) is 13.0 Å². The monoisotopic (exact) mass is 358 g/mol. The van der Waals surface area contributed by atoms with Crippen molar-refractivity contribution >= 4 is 29.1 Å². The van der Waals surface area contributed by atoms with Gasteiger partial charge in [-0.2, -0.15) is 0 Å². The van der Waals surface area contributed by atoms with Crippen molar-refractivity contribution in [3.05, 3.63) is 71.7 Å². The Morgan fingerprint density at radius 1 is 1.16 bits per heavy atom. The quantitative estimate of drug-likeness (QED) is 0.689. The lowest BCUT2D eigenvalue weighted by atomic mass is 9.74. The smallest absolute Gasteiger partial charge is 0.170 e. The van der Waals surface area contributed by atoms with Crippen LogP contribution in [-0.2, 0) is 6.42 Å². The molecule has 0 radical (unpaired) electrons. The molecule has 0 amide bonds. The molecule has 1 fully saturated rings. The molecule has 1 aliphatic rings. The third-order valence-corrected chi connectivity index (χ3v) is 4.97. The molecular formula is C20H20ClFN2O. The highest BCUT2D eigenvalue weighted by atomic mass is 35.5. The van der Waals surface area contributed by atoms with Crippen LogP contribution in [-0.4, -0.2) is 23.9 Å². The standard InChI is InChI=1S/C20H19FN2O.ClH/c21-17-3-1-2-14(10-17)12-20(7-9-22-13-20)19(24)16-4-5-18-15(11-16)6-8-23-18;/h1-6,8,10-11,22-23H,7,9,12-13H2;1H. The summed E-state index contributed by atoms with van der Waals surface area (Å²) in [6, 6.07) is 14.3. The molecule has 2 heterocycles. The number of fused-ring (bicyclic) bond motifs is 1. The second kappa shape index (κ2) is 6.98. The van der Waals surface area contributed by atoms with Gasteiger partial charge in [-0.25, -0.2) is 4.39 Å². The first kappa shape index (κ1) is 17.6. The van der Waals surface area contributed by atoms with Crippen LogP contribution in [0.3, 0.4) is 0 Å². The Labute approximate surface area is 152 Å². The topological polar surface area (TPSA) is 44.9 Å². The molecule has 1 aliphatic heterocycles. The number of carbonyl (C=O) groups is 1. The van der Waals surface area contributed by atoms with E-state index in [4.69, 9.17) is 0 Å². The molecule has 2 aromatic carbocycles. The van der Waals surface area contributed by atoms with Crippen LogP contribution in [0.25, 0.3) is 10.9 Å². The first-order chi connectivity index (χ1) is 11.7. The molecule has 3 aromatic rings. The Kier molecular flexibility index (Phi) is 4.93. The van der Waals surface area contributed by atoms with Gasteiger partial charge < -0.3 is 10.3 Å². The van der Waals surface area contributed by atoms with Crippen LogP contribution in [0.2, 0.25) is 0 Å². The summed E-state index contributed by atoms with van der Waals surface area (Å²) in [7, 11) is 0. The minimum Gasteiger partial charge on any atom is -0.361 e. The highest BCUT2D eigenvalue weighted by Gasteiger charge is 2.41. The van der Waals surface area contributed by atoms with Gasteiger partial charge in [-0.05, 0) is 61.3 Å². The maximum absolute atomic E-state index is 13.5. The third kappa shape index (κ3) is 3.32. The molecule has 5 heteroatoms. The molecule has 0 spiro atoms. The van der Waals surface area contributed by atoms with Gasteiger partial charge in [-0.1, -0.05) is 12.1 Å². The van der Waals surface area contributed by atoms with Crippen LogP contribution in [0.1, 0.15) is 22.3 Å². The van der Waals surface area contributed by atoms with Gasteiger partial charge in [0.1, 0.15) is 5.82 Å². The molecule has 4 rings (SSSR count). The van der Waals surface area contributed by atoms with Crippen molar-refractivity contribution in [1.29, 1.82) is 0 Å². The van der Waals surface area contributed by atoms with Crippen molar-refractivity contribution in [3.63, 3.8) is 0 Å². The number of nitrogens with one attached hydrogen (secondary N) is 2. The zero-order chi connectivity index (χ0) is 16.6. The lowest BCUT2D eigenvalue weighted by molar-refractivity contribution is 0.0816. The molecule has 0 saturated carbocycles. The number of ketones is 1. The van der Waals surface area contributed by atoms with Gasteiger partial charge in [0, 0.05) is 29.2 Å². The predicted octanol–water partition coefficient (Wildman–Crippen LogP) is 4.13. The van der Waals surface area contributed by atoms with Crippen molar-refractivity contribution in [2.45, 2.75) is 12.8 Å². The molecular weight excluding hydrogens is 339 g/mol. The van der Waals surface area contributed by atoms with Crippen LogP contribution in [0.15, 0.2) is 54.7 Å². The lowest BCUT2D eigenvalue weighted by Crippen LogP contribution is -2.36. The number of rotatable bonds is 4. The van der Waals surface area contributed by atoms with Gasteiger partial charge in [0.2, 0.25) is 0 Å². The average Bonchev–Trinajstić information content (AvgIpc) is 3.23. The Hall–Kier alpha value is -2.17. The number of hydrogen-bond acceptors (Lipinski definition) is 2. The van der Waals surface area contributed by atoms with Crippen molar-refractivity contribution in [2.75, 3.05) is 13.1 Å². The van der Waals surface area contributed by atoms with Crippen LogP contribution in [0.5, 0.6) is 0 Å². The van der Waals surface area contributed by atoms with E-state index >= 15 is 0 Å². The fourth-order valence-corrected chi connectivity index (χ4v) is 3.71. The zero-order valence-corrected chi connectivity index (χ0v) is 14.5. The molecule has 2 N–H and O–H groups in total. The molecule has 1 aromatic heterocycles. The summed E-state index contributed by atoms with van der Waals surface area (Å²) in [6.45, 7) is 1.45. The maximum Gasteiger partial charge on any atom is 0.170 e. The summed E-state index contributed by atoms with van der Waals surface area (Å²) in [4.78, 5) is 16.4. The van der Waals surface area contributed by atoms with E-state index in [1.807, 2.05) is 36.5 Å². The number of aromatic nitrogens is 1. The van der Waals surface area contributed by atoms with E-state index in [9.17, 15) is 9.18 Å². The molecule has 0 aliphatic carbocycles. The fourth-order valence-electron chi connectivity index (χ4n) is 3.71. The number of benzene rings is 2. The molecule has 3 nitrogen and oxygen atoms in total. The summed E-state index contributed by atoms with van der Waals surface area (Å²) in [5.74, 6) is -0.116. The summed E-state index contributed by atoms with van der Waals surface area (Å²) >= 11 is 0. The van der Waals surface area contributed by atoms with Crippen molar-refractivity contribution in [3.8, 4) is 0 Å². The predicted molar refractivity (Wildman–Crippen MR) is 99.9 cm³/mol. The fraction of sp³-hybridized carbons (Fsp3) is 0.250. The Morgan fingerprint density at radius 3 is 2.80 bits per heavy atom. The van der Waals surface area contributed by atoms with Crippen molar-refractivity contribution in [1.82, 2.24) is 10.3 Å². The summed E-state index contributed by atoms with van der Waals surface area (Å²) in [6.07, 6.45) is 3.20. The van der Waals surface area contributed by atoms with E-state index in [1.54, 1.807) is 6.07 Å². The minimum absolute atomic E-state index is 0. The third-order valence-electron chi connectivity index (χ3n) is 4.97. The molecule has 1 atom stereocenters. The van der Waals surface area contributed by atoms with Gasteiger partial charge in [0.05, 0.1) is 5.41 Å². The van der Waals surface area contributed by atoms with E-state index in [2.05, 4.69) is 10.3 Å². The van der Waals surface area contributed by atoms with Crippen LogP contribution in [0.4, 0.5) is 4.39 Å². The Morgan fingerprint density at radius 2 is 2.04 bits per heavy atom. The maximum atomic E-state index is 13.5. The van der Waals surface area contributed by atoms with Crippen LogP contribution in [0, 0.1) is 11.2 Å². The largest absolute Gasteiger partial charge is 0.361 e. The molecule has 1 unspecified atom stereocenters. The molecule has 25 heavy (non-hydrogen) atoms. The summed E-state index contributed by atoms with van der Waals surface area (Å²) in [5, 5.41) is 4.35. The van der Waals surface area contributed by atoms with Crippen LogP contribution < -0.4 is 5.32 Å². The van der Waals surface area contributed by atoms with E-state index in [0.717, 1.165) is 35.0 Å². The highest BCUT2D eigenvalue weighted by Crippen LogP contribution is 2.35. The number of aromatic amines is 1. The number of carbonyl (C=O) groups excluding carboxylic acids is 1. The number of Topliss-reactive ketones (excluding diaryl/α,β-unsaturated/α-hetero) is 1. The van der Waals surface area contributed by atoms with Crippen LogP contribution >= 0.6 is 12.4 Å². The molecule has 0 bridgehead atoms. The van der Waals surface area contributed by atoms with Crippen molar-refractivity contribution < 1.29 is 9.18 Å². The molecule has 130 valence electrons. The normalized spacial score (nSPS) is 19.7. The minimum atomic E-state index is -0.502. The molecule has 1 saturated heterocycles. The lowest BCUT2D eigenvalue weighted by Gasteiger charge is -2.27. The highest BCUT2D eigenvalue weighted by molar-refractivity contribution is 6.03. The number of hydrogen-bond donors (Lipinski definition) is 2. The second-order valence-corrected chi connectivity index (χ2v) is 6.62. The van der Waals surface area contributed by atoms with Gasteiger partial charge in [-0.3, -0.25) is 4.79 Å². The van der Waals surface area contributed by atoms with Gasteiger partial charge >= 0.3 is 0 Å². The summed E-state index contributed by atoms with van der Waals surface area (Å²) < 4.78 is 13.5. The Bertz CT molecular complexity index is 899. The van der Waals surface area contributed by atoms with E-state index in [1.165, 1.54) is 12.1 Å². The second-order valence-electron chi connectivity index (χ2n) is 6.62.